The Morgan fingerprint density at radius 1 is 1.33 bits per heavy atom. The van der Waals surface area contributed by atoms with Crippen LogP contribution in [0.2, 0.25) is 0 Å². The van der Waals surface area contributed by atoms with Gasteiger partial charge in [0.25, 0.3) is 5.82 Å². The first-order valence-corrected chi connectivity index (χ1v) is 7.35. The van der Waals surface area contributed by atoms with Gasteiger partial charge < -0.3 is 5.21 Å². The molecule has 1 unspecified atom stereocenters. The molecule has 0 saturated carbocycles. The number of hydrogen-bond acceptors (Lipinski definition) is 4. The van der Waals surface area contributed by atoms with Gasteiger partial charge >= 0.3 is 5.91 Å². The number of anilines is 1. The highest BCUT2D eigenvalue weighted by molar-refractivity contribution is 8.01. The topological polar surface area (TPSA) is 47.2 Å². The van der Waals surface area contributed by atoms with Crippen molar-refractivity contribution in [3.63, 3.8) is 0 Å². The van der Waals surface area contributed by atoms with Crippen LogP contribution in [0.3, 0.4) is 0 Å². The van der Waals surface area contributed by atoms with E-state index in [0.29, 0.717) is 11.6 Å². The molecule has 1 aliphatic heterocycles. The molecule has 0 aliphatic carbocycles. The van der Waals surface area contributed by atoms with Gasteiger partial charge in [0.05, 0.1) is 11.1 Å². The lowest BCUT2D eigenvalue weighted by Gasteiger charge is -2.18. The van der Waals surface area contributed by atoms with E-state index in [1.54, 1.807) is 46.2 Å². The van der Waals surface area contributed by atoms with Crippen molar-refractivity contribution in [1.29, 1.82) is 0 Å². The molecule has 0 aromatic carbocycles. The monoisotopic (exact) mass is 278 g/mol. The number of carbonyl (C=O) groups excluding carboxylic acids is 1. The molecular weight excluding hydrogens is 268 g/mol. The first kappa shape index (κ1) is 11.6. The lowest BCUT2D eigenvalue weighted by atomic mass is 10.3. The minimum absolute atomic E-state index is 0.0193. The van der Waals surface area contributed by atoms with Crippen molar-refractivity contribution in [1.82, 2.24) is 0 Å². The van der Waals surface area contributed by atoms with Crippen molar-refractivity contribution in [2.45, 2.75) is 5.37 Å². The van der Waals surface area contributed by atoms with Gasteiger partial charge in [-0.15, -0.1) is 11.3 Å². The second kappa shape index (κ2) is 4.62. The number of carbonyl (C=O) groups is 1. The summed E-state index contributed by atoms with van der Waals surface area (Å²) in [5, 5.41) is 13.7. The van der Waals surface area contributed by atoms with Gasteiger partial charge in [-0.05, 0) is 17.5 Å². The molecule has 0 N–H and O–H groups in total. The molecule has 92 valence electrons. The highest BCUT2D eigenvalue weighted by atomic mass is 32.2. The van der Waals surface area contributed by atoms with Crippen molar-refractivity contribution in [2.75, 3.05) is 10.7 Å². The third kappa shape index (κ3) is 1.87. The van der Waals surface area contributed by atoms with Crippen LogP contribution < -0.4 is 9.63 Å². The number of rotatable bonds is 2. The fourth-order valence-electron chi connectivity index (χ4n) is 1.92. The number of amides is 1. The van der Waals surface area contributed by atoms with Crippen LogP contribution in [0.25, 0.3) is 0 Å². The first-order chi connectivity index (χ1) is 8.77. The highest BCUT2D eigenvalue weighted by Crippen LogP contribution is 2.42. The Kier molecular flexibility index (Phi) is 2.97. The number of aromatic nitrogens is 1. The fourth-order valence-corrected chi connectivity index (χ4v) is 4.04. The van der Waals surface area contributed by atoms with E-state index in [9.17, 15) is 10.0 Å². The number of nitrogens with zero attached hydrogens (tertiary/aromatic N) is 2. The second-order valence-corrected chi connectivity index (χ2v) is 5.87. The van der Waals surface area contributed by atoms with Gasteiger partial charge in [0, 0.05) is 6.07 Å². The van der Waals surface area contributed by atoms with Crippen LogP contribution in [0.5, 0.6) is 0 Å². The largest absolute Gasteiger partial charge is 0.711 e. The minimum Gasteiger partial charge on any atom is -0.711 e. The van der Waals surface area contributed by atoms with Crippen molar-refractivity contribution >= 4 is 34.8 Å². The van der Waals surface area contributed by atoms with E-state index < -0.39 is 0 Å². The van der Waals surface area contributed by atoms with Crippen molar-refractivity contribution < 1.29 is 9.52 Å². The van der Waals surface area contributed by atoms with Gasteiger partial charge in [-0.2, -0.15) is 4.90 Å². The maximum atomic E-state index is 12.0. The molecule has 18 heavy (non-hydrogen) atoms. The number of hydrogen-bond donors (Lipinski definition) is 0. The molecule has 0 radical (unpaired) electrons. The SMILES string of the molecule is O=C1CSC(c2cccs2)N1c1cccc[n+]1[O-]. The Morgan fingerprint density at radius 2 is 2.22 bits per heavy atom. The number of thiophene rings is 1. The zero-order chi connectivity index (χ0) is 12.5. The lowest BCUT2D eigenvalue weighted by molar-refractivity contribution is -0.591. The quantitative estimate of drug-likeness (QED) is 0.625. The molecule has 0 bridgehead atoms. The Bertz CT molecular complexity index is 571. The molecule has 1 saturated heterocycles. The molecule has 1 aliphatic rings. The van der Waals surface area contributed by atoms with E-state index in [1.807, 2.05) is 17.5 Å². The first-order valence-electron chi connectivity index (χ1n) is 5.42. The van der Waals surface area contributed by atoms with Crippen molar-refractivity contribution in [2.24, 2.45) is 0 Å². The van der Waals surface area contributed by atoms with Crippen LogP contribution >= 0.6 is 23.1 Å². The van der Waals surface area contributed by atoms with Gasteiger partial charge in [0.15, 0.2) is 5.37 Å². The molecule has 2 aromatic heterocycles. The predicted octanol–water partition coefficient (Wildman–Crippen LogP) is 2.16. The molecule has 1 fully saturated rings. The fraction of sp³-hybridized carbons (Fsp3) is 0.167. The molecule has 1 amide bonds. The Morgan fingerprint density at radius 3 is 2.94 bits per heavy atom. The van der Waals surface area contributed by atoms with Crippen LogP contribution in [0.4, 0.5) is 5.82 Å². The van der Waals surface area contributed by atoms with Crippen LogP contribution in [0.1, 0.15) is 10.3 Å². The number of thioether (sulfide) groups is 1. The highest BCUT2D eigenvalue weighted by Gasteiger charge is 2.42. The van der Waals surface area contributed by atoms with E-state index >= 15 is 0 Å². The minimum atomic E-state index is -0.0832. The second-order valence-electron chi connectivity index (χ2n) is 3.83. The van der Waals surface area contributed by atoms with Gasteiger partial charge in [0.2, 0.25) is 0 Å². The third-order valence-electron chi connectivity index (χ3n) is 2.70. The predicted molar refractivity (Wildman–Crippen MR) is 72.4 cm³/mol. The zero-order valence-corrected chi connectivity index (χ0v) is 11.0. The number of pyridine rings is 1. The van der Waals surface area contributed by atoms with E-state index in [0.717, 1.165) is 9.61 Å². The van der Waals surface area contributed by atoms with E-state index in [1.165, 1.54) is 6.20 Å². The van der Waals surface area contributed by atoms with E-state index in [2.05, 4.69) is 0 Å². The van der Waals surface area contributed by atoms with Crippen molar-refractivity contribution in [3.05, 3.63) is 52.0 Å². The summed E-state index contributed by atoms with van der Waals surface area (Å²) in [6.07, 6.45) is 1.41. The summed E-state index contributed by atoms with van der Waals surface area (Å²) in [5.74, 6) is 0.789. The molecule has 1 atom stereocenters. The molecular formula is C12H10N2O2S2. The summed E-state index contributed by atoms with van der Waals surface area (Å²) >= 11 is 3.15. The van der Waals surface area contributed by atoms with Gasteiger partial charge in [-0.1, -0.05) is 23.9 Å². The third-order valence-corrected chi connectivity index (χ3v) is 4.97. The van der Waals surface area contributed by atoms with Crippen LogP contribution in [-0.4, -0.2) is 11.7 Å². The maximum Gasteiger partial charge on any atom is 0.321 e. The van der Waals surface area contributed by atoms with Gasteiger partial charge in [0.1, 0.15) is 5.75 Å². The van der Waals surface area contributed by atoms with Gasteiger partial charge in [-0.25, -0.2) is 9.52 Å². The standard InChI is InChI=1S/C12H10N2O2S2/c15-11-8-18-12(9-4-3-7-17-9)14(11)10-5-1-2-6-13(10)16/h1-7,12H,8H2. The average molecular weight is 278 g/mol. The average Bonchev–Trinajstić information content (AvgIpc) is 2.99. The van der Waals surface area contributed by atoms with Gasteiger partial charge in [-0.3, -0.25) is 0 Å². The molecule has 6 heteroatoms. The van der Waals surface area contributed by atoms with Crippen molar-refractivity contribution in [3.8, 4) is 0 Å². The molecule has 3 heterocycles. The van der Waals surface area contributed by atoms with Crippen LogP contribution in [0.15, 0.2) is 41.9 Å². The Hall–Kier alpha value is -1.53. The summed E-state index contributed by atoms with van der Waals surface area (Å²) in [5.41, 5.74) is 0. The Balaban J connectivity index is 2.03. The van der Waals surface area contributed by atoms with E-state index in [4.69, 9.17) is 0 Å². The zero-order valence-electron chi connectivity index (χ0n) is 9.35. The smallest absolute Gasteiger partial charge is 0.321 e. The lowest BCUT2D eigenvalue weighted by Crippen LogP contribution is -2.39. The normalized spacial score (nSPS) is 19.4. The summed E-state index contributed by atoms with van der Waals surface area (Å²) in [7, 11) is 0. The van der Waals surface area contributed by atoms with Crippen LogP contribution in [0, 0.1) is 5.21 Å². The summed E-state index contributed by atoms with van der Waals surface area (Å²) < 4.78 is 0.740. The molecule has 4 nitrogen and oxygen atoms in total. The maximum absolute atomic E-state index is 12.0. The molecule has 3 rings (SSSR count). The van der Waals surface area contributed by atoms with E-state index in [-0.39, 0.29) is 11.3 Å². The molecule has 2 aromatic rings. The Labute approximate surface area is 112 Å². The summed E-state index contributed by atoms with van der Waals surface area (Å²) in [6, 6.07) is 9.05. The van der Waals surface area contributed by atoms with Crippen LogP contribution in [-0.2, 0) is 4.79 Å². The summed E-state index contributed by atoms with van der Waals surface area (Å²) in [4.78, 5) is 14.7. The summed E-state index contributed by atoms with van der Waals surface area (Å²) in [6.45, 7) is 0. The molecule has 0 spiro atoms.